The first kappa shape index (κ1) is 20.0. The van der Waals surface area contributed by atoms with Crippen LogP contribution in [-0.4, -0.2) is 56.2 Å². The highest BCUT2D eigenvalue weighted by molar-refractivity contribution is 5.87. The van der Waals surface area contributed by atoms with Gasteiger partial charge >= 0.3 is 0 Å². The van der Waals surface area contributed by atoms with Gasteiger partial charge < -0.3 is 10.2 Å². The summed E-state index contributed by atoms with van der Waals surface area (Å²) in [5, 5.41) is 27.9. The van der Waals surface area contributed by atoms with E-state index >= 15 is 0 Å². The van der Waals surface area contributed by atoms with E-state index in [4.69, 9.17) is 4.98 Å². The highest BCUT2D eigenvalue weighted by atomic mass is 15.4. The molecule has 0 spiro atoms. The van der Waals surface area contributed by atoms with Crippen LogP contribution in [-0.2, 0) is 0 Å². The van der Waals surface area contributed by atoms with Gasteiger partial charge in [0.05, 0.1) is 23.3 Å². The Bertz CT molecular complexity index is 1410. The van der Waals surface area contributed by atoms with E-state index in [1.807, 2.05) is 29.7 Å². The second-order valence-corrected chi connectivity index (χ2v) is 8.44. The number of fused-ring (bicyclic) bond motifs is 2. The minimum absolute atomic E-state index is 0.338. The summed E-state index contributed by atoms with van der Waals surface area (Å²) >= 11 is 0. The number of imidazole rings is 1. The third-order valence-electron chi connectivity index (χ3n) is 5.91. The van der Waals surface area contributed by atoms with Gasteiger partial charge in [0, 0.05) is 24.7 Å². The summed E-state index contributed by atoms with van der Waals surface area (Å²) < 4.78 is 3.45. The second-order valence-electron chi connectivity index (χ2n) is 8.44. The molecule has 0 bridgehead atoms. The van der Waals surface area contributed by atoms with E-state index in [9.17, 15) is 10.5 Å². The molecule has 3 heterocycles. The van der Waals surface area contributed by atoms with Gasteiger partial charge in [-0.3, -0.25) is 4.57 Å². The Hall–Kier alpha value is -3.95. The van der Waals surface area contributed by atoms with E-state index in [0.29, 0.717) is 47.1 Å². The molecule has 0 unspecified atom stereocenters. The number of nitriles is 2. The highest BCUT2D eigenvalue weighted by Crippen LogP contribution is 2.50. The predicted molar refractivity (Wildman–Crippen MR) is 121 cm³/mol. The van der Waals surface area contributed by atoms with Gasteiger partial charge in [0.1, 0.15) is 6.07 Å². The van der Waals surface area contributed by atoms with E-state index in [2.05, 4.69) is 52.7 Å². The Labute approximate surface area is 185 Å². The Kier molecular flexibility index (Phi) is 4.76. The van der Waals surface area contributed by atoms with Crippen molar-refractivity contribution in [3.05, 3.63) is 47.4 Å². The van der Waals surface area contributed by atoms with Gasteiger partial charge in [-0.1, -0.05) is 6.07 Å². The lowest BCUT2D eigenvalue weighted by molar-refractivity contribution is 0.385. The predicted octanol–water partition coefficient (Wildman–Crippen LogP) is 2.91. The van der Waals surface area contributed by atoms with Crippen LogP contribution in [0.4, 0.5) is 5.82 Å². The van der Waals surface area contributed by atoms with Crippen LogP contribution in [0.2, 0.25) is 0 Å². The summed E-state index contributed by atoms with van der Waals surface area (Å²) in [7, 11) is 4.20. The van der Waals surface area contributed by atoms with Crippen molar-refractivity contribution < 1.29 is 0 Å². The fraction of sp³-hybridized carbons (Fsp3) is 0.348. The fourth-order valence-electron chi connectivity index (χ4n) is 4.42. The quantitative estimate of drug-likeness (QED) is 0.506. The van der Waals surface area contributed by atoms with Crippen molar-refractivity contribution in [3.8, 4) is 18.1 Å². The molecule has 1 N–H and O–H groups in total. The Morgan fingerprint density at radius 2 is 2.09 bits per heavy atom. The van der Waals surface area contributed by atoms with Crippen LogP contribution in [0.15, 0.2) is 30.6 Å². The molecule has 32 heavy (non-hydrogen) atoms. The smallest absolute Gasteiger partial charge is 0.254 e. The Balaban J connectivity index is 1.71. The number of hydrogen-bond acceptors (Lipinski definition) is 7. The summed E-state index contributed by atoms with van der Waals surface area (Å²) in [5.74, 6) is 2.07. The van der Waals surface area contributed by atoms with Crippen molar-refractivity contribution >= 4 is 22.4 Å². The first-order valence-electron chi connectivity index (χ1n) is 10.6. The molecule has 1 aliphatic carbocycles. The molecule has 1 saturated carbocycles. The van der Waals surface area contributed by atoms with Gasteiger partial charge in [-0.05, 0) is 57.0 Å². The number of anilines is 1. The van der Waals surface area contributed by atoms with E-state index < -0.39 is 0 Å². The lowest BCUT2D eigenvalue weighted by atomic mass is 10.1. The maximum atomic E-state index is 9.49. The molecular weight excluding hydrogens is 402 g/mol. The zero-order valence-corrected chi connectivity index (χ0v) is 18.2. The third kappa shape index (κ3) is 3.24. The molecule has 5 rings (SSSR count). The molecule has 2 atom stereocenters. The van der Waals surface area contributed by atoms with Gasteiger partial charge in [-0.25, -0.2) is 4.98 Å². The first-order valence-corrected chi connectivity index (χ1v) is 10.6. The fourth-order valence-corrected chi connectivity index (χ4v) is 4.42. The highest BCUT2D eigenvalue weighted by Gasteiger charge is 2.40. The maximum Gasteiger partial charge on any atom is 0.254 e. The molecule has 160 valence electrons. The monoisotopic (exact) mass is 425 g/mol. The maximum absolute atomic E-state index is 9.49. The largest absolute Gasteiger partial charge is 0.367 e. The molecule has 0 radical (unpaired) electrons. The molecule has 4 aromatic rings. The van der Waals surface area contributed by atoms with Crippen molar-refractivity contribution in [2.75, 3.05) is 32.5 Å². The molecule has 1 aromatic carbocycles. The van der Waals surface area contributed by atoms with Crippen molar-refractivity contribution in [2.45, 2.75) is 19.3 Å². The van der Waals surface area contributed by atoms with Crippen LogP contribution in [0, 0.1) is 28.6 Å². The zero-order valence-electron chi connectivity index (χ0n) is 18.2. The van der Waals surface area contributed by atoms with Crippen LogP contribution >= 0.6 is 0 Å². The molecule has 0 saturated heterocycles. The van der Waals surface area contributed by atoms with Gasteiger partial charge in [-0.2, -0.15) is 20.0 Å². The summed E-state index contributed by atoms with van der Waals surface area (Å²) in [5.41, 5.74) is 3.56. The van der Waals surface area contributed by atoms with Crippen LogP contribution in [0.25, 0.3) is 22.5 Å². The molecule has 1 aliphatic rings. The second kappa shape index (κ2) is 7.63. The van der Waals surface area contributed by atoms with Gasteiger partial charge in [0.2, 0.25) is 0 Å². The SMILES string of the molecule is CCNc1nc(-n2cc([C@H]3C[C@@H]3CN(C)C)c3ccc(C#N)cc32)nn2c(C#N)cnc12. The van der Waals surface area contributed by atoms with Crippen molar-refractivity contribution in [2.24, 2.45) is 5.92 Å². The van der Waals surface area contributed by atoms with Crippen LogP contribution in [0.5, 0.6) is 0 Å². The summed E-state index contributed by atoms with van der Waals surface area (Å²) in [6.45, 7) is 3.68. The number of nitrogens with one attached hydrogen (secondary N) is 1. The molecule has 0 amide bonds. The summed E-state index contributed by atoms with van der Waals surface area (Å²) in [6.07, 6.45) is 4.73. The van der Waals surface area contributed by atoms with Crippen LogP contribution in [0.3, 0.4) is 0 Å². The van der Waals surface area contributed by atoms with Crippen molar-refractivity contribution in [3.63, 3.8) is 0 Å². The average molecular weight is 426 g/mol. The van der Waals surface area contributed by atoms with E-state index in [1.165, 1.54) is 16.3 Å². The molecule has 9 heteroatoms. The number of nitrogens with zero attached hydrogens (tertiary/aromatic N) is 8. The van der Waals surface area contributed by atoms with E-state index in [1.54, 1.807) is 0 Å². The zero-order chi connectivity index (χ0) is 22.4. The first-order chi connectivity index (χ1) is 15.5. The topological polar surface area (TPSA) is 111 Å². The molecule has 0 aliphatic heterocycles. The number of benzene rings is 1. The van der Waals surface area contributed by atoms with E-state index in [0.717, 1.165) is 23.9 Å². The van der Waals surface area contributed by atoms with Crippen LogP contribution < -0.4 is 5.32 Å². The molecule has 9 nitrogen and oxygen atoms in total. The molecule has 3 aromatic heterocycles. The minimum Gasteiger partial charge on any atom is -0.367 e. The van der Waals surface area contributed by atoms with Crippen molar-refractivity contribution in [1.82, 2.24) is 29.0 Å². The van der Waals surface area contributed by atoms with Crippen molar-refractivity contribution in [1.29, 1.82) is 10.5 Å². The number of aromatic nitrogens is 5. The van der Waals surface area contributed by atoms with Gasteiger partial charge in [0.25, 0.3) is 5.95 Å². The van der Waals surface area contributed by atoms with Gasteiger partial charge in [0.15, 0.2) is 17.2 Å². The number of hydrogen-bond donors (Lipinski definition) is 1. The van der Waals surface area contributed by atoms with Crippen LogP contribution in [0.1, 0.15) is 36.1 Å². The summed E-state index contributed by atoms with van der Waals surface area (Å²) in [4.78, 5) is 11.3. The molecule has 1 fully saturated rings. The molecular formula is C23H23N9. The standard InChI is InChI=1S/C23H23N9/c1-4-26-21-22-27-11-16(10-25)32(22)29-23(28-21)31-13-19(18-8-15(18)12-30(2)3)17-6-5-14(9-24)7-20(17)31/h5-7,11,13,15,18H,4,8,12H2,1-3H3,(H,26,28,29)/t15-,18+/m1/s1. The van der Waals surface area contributed by atoms with E-state index in [-0.39, 0.29) is 0 Å². The van der Waals surface area contributed by atoms with Gasteiger partial charge in [-0.15, -0.1) is 5.10 Å². The lowest BCUT2D eigenvalue weighted by Gasteiger charge is -2.09. The Morgan fingerprint density at radius 1 is 1.25 bits per heavy atom. The number of rotatable bonds is 6. The Morgan fingerprint density at radius 3 is 2.81 bits per heavy atom. The normalized spacial score (nSPS) is 17.6. The lowest BCUT2D eigenvalue weighted by Crippen LogP contribution is -2.15. The minimum atomic E-state index is 0.338. The summed E-state index contributed by atoms with van der Waals surface area (Å²) in [6, 6.07) is 10.1. The third-order valence-corrected chi connectivity index (χ3v) is 5.91. The average Bonchev–Trinajstić information content (AvgIpc) is 3.24.